The van der Waals surface area contributed by atoms with Crippen LogP contribution < -0.4 is 0 Å². The summed E-state index contributed by atoms with van der Waals surface area (Å²) in [4.78, 5) is 10.7. The van der Waals surface area contributed by atoms with Crippen molar-refractivity contribution in [1.82, 2.24) is 9.78 Å². The summed E-state index contributed by atoms with van der Waals surface area (Å²) < 4.78 is 1.87. The van der Waals surface area contributed by atoms with E-state index in [0.29, 0.717) is 0 Å². The van der Waals surface area contributed by atoms with Gasteiger partial charge in [-0.1, -0.05) is 23.9 Å². The smallest absolute Gasteiger partial charge is 0.186 e. The normalized spacial score (nSPS) is 11.2. The fraction of sp³-hybridized carbons (Fsp3) is 0.455. The second-order valence-electron chi connectivity index (χ2n) is 3.41. The quantitative estimate of drug-likeness (QED) is 0.790. The zero-order chi connectivity index (χ0) is 11.4. The lowest BCUT2D eigenvalue weighted by Crippen LogP contribution is -1.92. The van der Waals surface area contributed by atoms with E-state index in [1.165, 1.54) is 11.8 Å². The minimum absolute atomic E-state index is 0.152. The van der Waals surface area contributed by atoms with E-state index < -0.39 is 0 Å². The molecule has 0 spiro atoms. The van der Waals surface area contributed by atoms with Gasteiger partial charge in [0, 0.05) is 31.0 Å². The van der Waals surface area contributed by atoms with Gasteiger partial charge in [-0.15, -0.1) is 0 Å². The summed E-state index contributed by atoms with van der Waals surface area (Å²) in [5, 5.41) is 4.47. The summed E-state index contributed by atoms with van der Waals surface area (Å²) in [5.41, 5.74) is 3.33. The maximum absolute atomic E-state index is 10.7. The van der Waals surface area contributed by atoms with Gasteiger partial charge in [0.1, 0.15) is 0 Å². The standard InChI is InChI=1S/C11H16N2OS/c1-8-11(9(2)13(4)12-8)6-5-7-15-10(3)14/h5-6H,7H2,1-4H3. The van der Waals surface area contributed by atoms with Gasteiger partial charge in [-0.05, 0) is 13.8 Å². The molecule has 1 heterocycles. The van der Waals surface area contributed by atoms with Gasteiger partial charge < -0.3 is 0 Å². The number of rotatable bonds is 3. The number of aromatic nitrogens is 2. The van der Waals surface area contributed by atoms with Crippen molar-refractivity contribution in [2.45, 2.75) is 20.8 Å². The molecule has 0 saturated heterocycles. The molecule has 0 aliphatic rings. The van der Waals surface area contributed by atoms with Crippen molar-refractivity contribution in [3.63, 3.8) is 0 Å². The highest BCUT2D eigenvalue weighted by Gasteiger charge is 2.04. The first-order chi connectivity index (χ1) is 7.02. The SMILES string of the molecule is CC(=O)SCC=Cc1c(C)nn(C)c1C. The topological polar surface area (TPSA) is 34.9 Å². The predicted molar refractivity (Wildman–Crippen MR) is 64.9 cm³/mol. The van der Waals surface area contributed by atoms with E-state index in [0.717, 1.165) is 22.7 Å². The Labute approximate surface area is 94.6 Å². The van der Waals surface area contributed by atoms with Crippen LogP contribution in [0, 0.1) is 13.8 Å². The van der Waals surface area contributed by atoms with Gasteiger partial charge in [-0.3, -0.25) is 9.48 Å². The van der Waals surface area contributed by atoms with Gasteiger partial charge in [-0.2, -0.15) is 5.10 Å². The molecule has 0 aromatic carbocycles. The van der Waals surface area contributed by atoms with Gasteiger partial charge in [0.2, 0.25) is 0 Å². The number of aryl methyl sites for hydroxylation is 2. The largest absolute Gasteiger partial charge is 0.288 e. The van der Waals surface area contributed by atoms with Crippen LogP contribution in [0.2, 0.25) is 0 Å². The van der Waals surface area contributed by atoms with Crippen LogP contribution >= 0.6 is 11.8 Å². The second-order valence-corrected chi connectivity index (χ2v) is 4.61. The molecular weight excluding hydrogens is 208 g/mol. The highest BCUT2D eigenvalue weighted by atomic mass is 32.2. The van der Waals surface area contributed by atoms with Crippen molar-refractivity contribution in [2.24, 2.45) is 7.05 Å². The van der Waals surface area contributed by atoms with E-state index in [1.807, 2.05) is 37.7 Å². The lowest BCUT2D eigenvalue weighted by atomic mass is 10.2. The number of hydrogen-bond acceptors (Lipinski definition) is 3. The third-order valence-electron chi connectivity index (χ3n) is 2.23. The minimum Gasteiger partial charge on any atom is -0.288 e. The van der Waals surface area contributed by atoms with Gasteiger partial charge >= 0.3 is 0 Å². The van der Waals surface area contributed by atoms with Crippen molar-refractivity contribution in [2.75, 3.05) is 5.75 Å². The highest BCUT2D eigenvalue weighted by Crippen LogP contribution is 2.14. The summed E-state index contributed by atoms with van der Waals surface area (Å²) in [6.07, 6.45) is 4.04. The second kappa shape index (κ2) is 5.16. The van der Waals surface area contributed by atoms with Crippen LogP contribution in [0.25, 0.3) is 6.08 Å². The zero-order valence-electron chi connectivity index (χ0n) is 9.57. The molecule has 0 radical (unpaired) electrons. The number of carbonyl (C=O) groups is 1. The first kappa shape index (κ1) is 12.0. The van der Waals surface area contributed by atoms with E-state index >= 15 is 0 Å². The Balaban J connectivity index is 2.68. The van der Waals surface area contributed by atoms with E-state index in [2.05, 4.69) is 5.10 Å². The Bertz CT molecular complexity index is 394. The van der Waals surface area contributed by atoms with Crippen molar-refractivity contribution in [3.8, 4) is 0 Å². The Morgan fingerprint density at radius 2 is 2.20 bits per heavy atom. The maximum Gasteiger partial charge on any atom is 0.186 e. The summed E-state index contributed by atoms with van der Waals surface area (Å²) in [7, 11) is 1.93. The molecule has 0 amide bonds. The van der Waals surface area contributed by atoms with Crippen molar-refractivity contribution >= 4 is 23.0 Å². The fourth-order valence-corrected chi connectivity index (χ4v) is 1.79. The molecule has 0 aliphatic carbocycles. The van der Waals surface area contributed by atoms with Crippen molar-refractivity contribution in [3.05, 3.63) is 23.0 Å². The predicted octanol–water partition coefficient (Wildman–Crippen LogP) is 2.33. The molecular formula is C11H16N2OS. The van der Waals surface area contributed by atoms with E-state index in [9.17, 15) is 4.79 Å². The Morgan fingerprint density at radius 3 is 2.67 bits per heavy atom. The third-order valence-corrected chi connectivity index (χ3v) is 3.00. The third kappa shape index (κ3) is 3.23. The number of hydrogen-bond donors (Lipinski definition) is 0. The van der Waals surface area contributed by atoms with Crippen LogP contribution in [0.1, 0.15) is 23.9 Å². The van der Waals surface area contributed by atoms with Crippen LogP contribution in [0.3, 0.4) is 0 Å². The highest BCUT2D eigenvalue weighted by molar-refractivity contribution is 8.13. The molecule has 0 aliphatic heterocycles. The van der Waals surface area contributed by atoms with Crippen LogP contribution in [-0.2, 0) is 11.8 Å². The molecule has 0 fully saturated rings. The lowest BCUT2D eigenvalue weighted by Gasteiger charge is -1.94. The first-order valence-corrected chi connectivity index (χ1v) is 5.81. The number of carbonyl (C=O) groups excluding carboxylic acids is 1. The van der Waals surface area contributed by atoms with E-state index in [4.69, 9.17) is 0 Å². The average Bonchev–Trinajstić information content (AvgIpc) is 2.37. The molecule has 82 valence electrons. The molecule has 0 N–H and O–H groups in total. The summed E-state index contributed by atoms with van der Waals surface area (Å²) in [6, 6.07) is 0. The molecule has 3 nitrogen and oxygen atoms in total. The zero-order valence-corrected chi connectivity index (χ0v) is 10.4. The van der Waals surface area contributed by atoms with Crippen LogP contribution in [0.4, 0.5) is 0 Å². The van der Waals surface area contributed by atoms with Crippen molar-refractivity contribution < 1.29 is 4.79 Å². The molecule has 1 aromatic heterocycles. The monoisotopic (exact) mass is 224 g/mol. The molecule has 0 bridgehead atoms. The molecule has 4 heteroatoms. The lowest BCUT2D eigenvalue weighted by molar-refractivity contribution is -0.109. The Kier molecular flexibility index (Phi) is 4.15. The van der Waals surface area contributed by atoms with Crippen LogP contribution in [0.5, 0.6) is 0 Å². The fourth-order valence-electron chi connectivity index (χ4n) is 1.36. The maximum atomic E-state index is 10.7. The molecule has 0 saturated carbocycles. The summed E-state index contributed by atoms with van der Waals surface area (Å²) in [5.74, 6) is 0.725. The van der Waals surface area contributed by atoms with Crippen molar-refractivity contribution in [1.29, 1.82) is 0 Å². The Morgan fingerprint density at radius 1 is 1.53 bits per heavy atom. The summed E-state index contributed by atoms with van der Waals surface area (Å²) in [6.45, 7) is 5.61. The minimum atomic E-state index is 0.152. The van der Waals surface area contributed by atoms with Gasteiger partial charge in [0.15, 0.2) is 5.12 Å². The van der Waals surface area contributed by atoms with Crippen LogP contribution in [0.15, 0.2) is 6.08 Å². The van der Waals surface area contributed by atoms with Crippen LogP contribution in [-0.4, -0.2) is 20.6 Å². The molecule has 0 atom stereocenters. The van der Waals surface area contributed by atoms with Gasteiger partial charge in [-0.25, -0.2) is 0 Å². The van der Waals surface area contributed by atoms with Gasteiger partial charge in [0.05, 0.1) is 5.69 Å². The van der Waals surface area contributed by atoms with E-state index in [-0.39, 0.29) is 5.12 Å². The number of nitrogens with zero attached hydrogens (tertiary/aromatic N) is 2. The molecule has 0 unspecified atom stereocenters. The van der Waals surface area contributed by atoms with Gasteiger partial charge in [0.25, 0.3) is 0 Å². The molecule has 1 rings (SSSR count). The average molecular weight is 224 g/mol. The molecule has 15 heavy (non-hydrogen) atoms. The summed E-state index contributed by atoms with van der Waals surface area (Å²) >= 11 is 1.32. The Hall–Kier alpha value is -1.03. The van der Waals surface area contributed by atoms with E-state index in [1.54, 1.807) is 6.92 Å². The first-order valence-electron chi connectivity index (χ1n) is 4.82. The molecule has 1 aromatic rings. The number of thioether (sulfide) groups is 1.